The Morgan fingerprint density at radius 3 is 2.43 bits per heavy atom. The first-order valence-electron chi connectivity index (χ1n) is 12.7. The molecule has 3 aliphatic carbocycles. The predicted octanol–water partition coefficient (Wildman–Crippen LogP) is 2.58. The van der Waals surface area contributed by atoms with E-state index >= 15 is 0 Å². The van der Waals surface area contributed by atoms with Gasteiger partial charge in [-0.05, 0) is 54.7 Å². The van der Waals surface area contributed by atoms with Gasteiger partial charge in [0.25, 0.3) is 10.0 Å². The summed E-state index contributed by atoms with van der Waals surface area (Å²) in [5, 5.41) is 4.76. The Balaban J connectivity index is 1.50. The zero-order valence-corrected chi connectivity index (χ0v) is 23.9. The molecule has 0 radical (unpaired) electrons. The lowest BCUT2D eigenvalue weighted by Gasteiger charge is -2.56. The van der Waals surface area contributed by atoms with Crippen LogP contribution in [0.2, 0.25) is 0 Å². The van der Waals surface area contributed by atoms with Crippen LogP contribution in [0.4, 0.5) is 5.00 Å². The summed E-state index contributed by atoms with van der Waals surface area (Å²) in [5.74, 6) is -1.85. The second-order valence-corrected chi connectivity index (χ2v) is 16.2. The molecule has 0 spiro atoms. The van der Waals surface area contributed by atoms with Gasteiger partial charge < -0.3 is 10.2 Å². The Labute approximate surface area is 222 Å². The quantitative estimate of drug-likeness (QED) is 0.501. The Bertz CT molecular complexity index is 1370. The first-order chi connectivity index (χ1) is 17.2. The van der Waals surface area contributed by atoms with E-state index in [9.17, 15) is 26.4 Å². The SMILES string of the molecule is CC(C)(C)CCN1C(=O)C(C2=NS(=O)(=O)c3c(CNS(C)(=O)=O)csc3N2)C(=O)C2C3CCC(CC3)C21. The number of likely N-dealkylation sites (tertiary alicyclic amines) is 1. The minimum atomic E-state index is -4.26. The molecule has 1 aromatic heterocycles. The zero-order chi connectivity index (χ0) is 26.9. The van der Waals surface area contributed by atoms with E-state index < -0.39 is 26.0 Å². The normalized spacial score (nSPS) is 31.0. The Morgan fingerprint density at radius 2 is 1.81 bits per heavy atom. The molecule has 6 rings (SSSR count). The average molecular weight is 571 g/mol. The number of Topliss-reactive ketones (excluding diaryl/α,β-unsaturated/α-hetero) is 1. The standard InChI is InChI=1S/C24H34N4O6S3/c1-24(2,3)9-10-28-18-14-7-5-13(6-8-14)16(18)19(29)17(23(28)30)21-26-22-20(37(33,34)27-21)15(12-35-22)11-25-36(4,31)32/h12-14,16-18,25H,5-11H2,1-4H3,(H,26,27). The number of thiophene rings is 1. The number of piperidine rings is 1. The van der Waals surface area contributed by atoms with Crippen LogP contribution in [0.3, 0.4) is 0 Å². The van der Waals surface area contributed by atoms with Gasteiger partial charge in [-0.15, -0.1) is 15.7 Å². The largest absolute Gasteiger partial charge is 0.338 e. The van der Waals surface area contributed by atoms with Gasteiger partial charge in [-0.3, -0.25) is 9.59 Å². The van der Waals surface area contributed by atoms with Crippen molar-refractivity contribution in [3.63, 3.8) is 0 Å². The number of fused-ring (bicyclic) bond motifs is 3. The van der Waals surface area contributed by atoms with Crippen molar-refractivity contribution in [2.75, 3.05) is 18.1 Å². The van der Waals surface area contributed by atoms with Crippen LogP contribution in [0, 0.1) is 29.1 Å². The third-order valence-corrected chi connectivity index (χ3v) is 11.3. The molecule has 1 aromatic rings. The van der Waals surface area contributed by atoms with E-state index in [0.29, 0.717) is 12.5 Å². The molecule has 1 saturated heterocycles. The van der Waals surface area contributed by atoms with Crippen molar-refractivity contribution < 1.29 is 26.4 Å². The number of nitrogens with zero attached hydrogens (tertiary/aromatic N) is 2. The monoisotopic (exact) mass is 570 g/mol. The average Bonchev–Trinajstić information content (AvgIpc) is 3.21. The smallest absolute Gasteiger partial charge is 0.287 e. The van der Waals surface area contributed by atoms with E-state index in [0.717, 1.165) is 49.7 Å². The number of amidine groups is 1. The van der Waals surface area contributed by atoms with Crippen LogP contribution in [-0.2, 0) is 36.2 Å². The fourth-order valence-corrected chi connectivity index (χ4v) is 9.45. The summed E-state index contributed by atoms with van der Waals surface area (Å²) in [7, 11) is -7.79. The number of anilines is 1. The molecular formula is C24H34N4O6S3. The van der Waals surface area contributed by atoms with Gasteiger partial charge in [-0.1, -0.05) is 20.8 Å². The van der Waals surface area contributed by atoms with E-state index in [1.165, 1.54) is 0 Å². The highest BCUT2D eigenvalue weighted by Gasteiger charge is 2.58. The van der Waals surface area contributed by atoms with Crippen molar-refractivity contribution in [1.82, 2.24) is 9.62 Å². The number of hydrogen-bond donors (Lipinski definition) is 2. The van der Waals surface area contributed by atoms with Crippen molar-refractivity contribution in [3.05, 3.63) is 10.9 Å². The molecular weight excluding hydrogens is 536 g/mol. The van der Waals surface area contributed by atoms with Crippen LogP contribution in [-0.4, -0.2) is 58.1 Å². The van der Waals surface area contributed by atoms with E-state index in [4.69, 9.17) is 0 Å². The van der Waals surface area contributed by atoms with Crippen molar-refractivity contribution >= 4 is 53.9 Å². The molecule has 3 saturated carbocycles. The summed E-state index contributed by atoms with van der Waals surface area (Å²) < 4.78 is 55.8. The van der Waals surface area contributed by atoms with E-state index in [1.54, 1.807) is 5.38 Å². The molecule has 204 valence electrons. The lowest BCUT2D eigenvalue weighted by molar-refractivity contribution is -0.161. The second-order valence-electron chi connectivity index (χ2n) is 12.0. The third-order valence-electron chi connectivity index (χ3n) is 8.11. The van der Waals surface area contributed by atoms with Gasteiger partial charge in [0.15, 0.2) is 11.7 Å². The van der Waals surface area contributed by atoms with Crippen molar-refractivity contribution in [1.29, 1.82) is 0 Å². The number of carbonyl (C=O) groups excluding carboxylic acids is 2. The number of amides is 1. The molecule has 2 bridgehead atoms. The lowest BCUT2D eigenvalue weighted by atomic mass is 9.57. The number of sulfonamides is 2. The number of ketones is 1. The van der Waals surface area contributed by atoms with Crippen LogP contribution in [0.25, 0.3) is 0 Å². The summed E-state index contributed by atoms with van der Waals surface area (Å²) >= 11 is 1.08. The van der Waals surface area contributed by atoms with Gasteiger partial charge in [0.2, 0.25) is 15.9 Å². The fraction of sp³-hybridized carbons (Fsp3) is 0.708. The lowest BCUT2D eigenvalue weighted by Crippen LogP contribution is -2.66. The number of hydrogen-bond acceptors (Lipinski definition) is 8. The molecule has 1 amide bonds. The number of rotatable bonds is 6. The van der Waals surface area contributed by atoms with Gasteiger partial charge >= 0.3 is 0 Å². The van der Waals surface area contributed by atoms with Crippen LogP contribution in [0.15, 0.2) is 14.7 Å². The first kappa shape index (κ1) is 26.8. The van der Waals surface area contributed by atoms with E-state index in [1.807, 2.05) is 4.90 Å². The molecule has 0 aromatic carbocycles. The van der Waals surface area contributed by atoms with Crippen molar-refractivity contribution in [2.45, 2.75) is 70.4 Å². The minimum Gasteiger partial charge on any atom is -0.338 e. The Hall–Kier alpha value is -1.83. The Morgan fingerprint density at radius 1 is 1.16 bits per heavy atom. The van der Waals surface area contributed by atoms with Crippen molar-refractivity contribution in [3.8, 4) is 0 Å². The highest BCUT2D eigenvalue weighted by atomic mass is 32.2. The van der Waals surface area contributed by atoms with Gasteiger partial charge in [0.05, 0.1) is 6.26 Å². The van der Waals surface area contributed by atoms with Gasteiger partial charge in [-0.25, -0.2) is 13.1 Å². The zero-order valence-electron chi connectivity index (χ0n) is 21.5. The van der Waals surface area contributed by atoms with E-state index in [2.05, 4.69) is 35.2 Å². The molecule has 2 aliphatic heterocycles. The van der Waals surface area contributed by atoms with Crippen LogP contribution >= 0.6 is 11.3 Å². The summed E-state index contributed by atoms with van der Waals surface area (Å²) in [6, 6.07) is -0.127. The van der Waals surface area contributed by atoms with Crippen LogP contribution in [0.1, 0.15) is 58.4 Å². The molecule has 13 heteroatoms. The van der Waals surface area contributed by atoms with Gasteiger partial charge in [0.1, 0.15) is 15.7 Å². The van der Waals surface area contributed by atoms with Gasteiger partial charge in [0, 0.05) is 30.6 Å². The minimum absolute atomic E-state index is 0.00731. The predicted molar refractivity (Wildman–Crippen MR) is 141 cm³/mol. The molecule has 3 unspecified atom stereocenters. The maximum atomic E-state index is 13.9. The highest BCUT2D eigenvalue weighted by molar-refractivity contribution is 7.91. The summed E-state index contributed by atoms with van der Waals surface area (Å²) in [4.78, 5) is 29.6. The van der Waals surface area contributed by atoms with Crippen LogP contribution in [0.5, 0.6) is 0 Å². The topological polar surface area (TPSA) is 142 Å². The summed E-state index contributed by atoms with van der Waals surface area (Å²) in [6.45, 7) is 6.65. The molecule has 37 heavy (non-hydrogen) atoms. The first-order valence-corrected chi connectivity index (χ1v) is 16.9. The van der Waals surface area contributed by atoms with E-state index in [-0.39, 0.29) is 62.8 Å². The third kappa shape index (κ3) is 4.99. The van der Waals surface area contributed by atoms with Crippen molar-refractivity contribution in [2.24, 2.45) is 33.5 Å². The molecule has 3 atom stereocenters. The maximum absolute atomic E-state index is 13.9. The summed E-state index contributed by atoms with van der Waals surface area (Å²) in [6.07, 6.45) is 5.69. The molecule has 4 fully saturated rings. The van der Waals surface area contributed by atoms with Crippen LogP contribution < -0.4 is 10.0 Å². The second kappa shape index (κ2) is 9.13. The number of nitrogens with one attached hydrogen (secondary N) is 2. The molecule has 5 aliphatic rings. The maximum Gasteiger partial charge on any atom is 0.287 e. The Kier molecular flexibility index (Phi) is 6.60. The fourth-order valence-electron chi connectivity index (χ4n) is 6.38. The molecule has 3 heterocycles. The highest BCUT2D eigenvalue weighted by Crippen LogP contribution is 2.51. The number of carbonyl (C=O) groups is 2. The van der Waals surface area contributed by atoms with Gasteiger partial charge in [-0.2, -0.15) is 8.42 Å². The molecule has 2 N–H and O–H groups in total. The summed E-state index contributed by atoms with van der Waals surface area (Å²) in [5.41, 5.74) is 0.255. The molecule has 10 nitrogen and oxygen atoms in total.